The second-order valence-corrected chi connectivity index (χ2v) is 5.56. The molecule has 0 radical (unpaired) electrons. The standard InChI is InChI=1S/C16H12ClF3N4O/c1-2-23-15(25)24(11-5-3-10(4-6-11)16(18,19)20)14(22-23)12-7-8-21-9-13(12)17/h3-9H,2H2,1H3. The summed E-state index contributed by atoms with van der Waals surface area (Å²) < 4.78 is 40.7. The summed E-state index contributed by atoms with van der Waals surface area (Å²) in [6, 6.07) is 5.88. The maximum atomic E-state index is 12.7. The lowest BCUT2D eigenvalue weighted by Crippen LogP contribution is -2.23. The molecule has 0 unspecified atom stereocenters. The van der Waals surface area contributed by atoms with E-state index in [9.17, 15) is 18.0 Å². The topological polar surface area (TPSA) is 52.7 Å². The molecule has 9 heteroatoms. The Hall–Kier alpha value is -2.61. The minimum absolute atomic E-state index is 0.235. The van der Waals surface area contributed by atoms with E-state index in [2.05, 4.69) is 10.1 Å². The largest absolute Gasteiger partial charge is 0.416 e. The summed E-state index contributed by atoms with van der Waals surface area (Å²) in [5, 5.41) is 4.52. The van der Waals surface area contributed by atoms with Gasteiger partial charge in [-0.05, 0) is 37.3 Å². The molecule has 0 spiro atoms. The fourth-order valence-electron chi connectivity index (χ4n) is 2.38. The zero-order valence-corrected chi connectivity index (χ0v) is 13.7. The van der Waals surface area contributed by atoms with E-state index >= 15 is 0 Å². The van der Waals surface area contributed by atoms with Gasteiger partial charge < -0.3 is 0 Å². The van der Waals surface area contributed by atoms with E-state index < -0.39 is 17.4 Å². The van der Waals surface area contributed by atoms with Crippen molar-refractivity contribution in [3.8, 4) is 17.1 Å². The van der Waals surface area contributed by atoms with Crippen LogP contribution in [0.3, 0.4) is 0 Å². The molecule has 1 aromatic carbocycles. The van der Waals surface area contributed by atoms with E-state index in [0.717, 1.165) is 12.1 Å². The van der Waals surface area contributed by atoms with Crippen molar-refractivity contribution in [1.29, 1.82) is 0 Å². The molecular weight excluding hydrogens is 357 g/mol. The van der Waals surface area contributed by atoms with E-state index in [-0.39, 0.29) is 16.5 Å². The molecule has 0 saturated heterocycles. The quantitative estimate of drug-likeness (QED) is 0.706. The average Bonchev–Trinajstić information content (AvgIpc) is 2.91. The number of hydrogen-bond donors (Lipinski definition) is 0. The fourth-order valence-corrected chi connectivity index (χ4v) is 2.58. The van der Waals surface area contributed by atoms with Crippen LogP contribution in [0.2, 0.25) is 5.02 Å². The highest BCUT2D eigenvalue weighted by Gasteiger charge is 2.30. The van der Waals surface area contributed by atoms with Crippen molar-refractivity contribution in [3.63, 3.8) is 0 Å². The predicted octanol–water partition coefficient (Wildman–Crippen LogP) is 3.79. The summed E-state index contributed by atoms with van der Waals surface area (Å²) in [4.78, 5) is 16.5. The molecule has 0 aliphatic carbocycles. The number of rotatable bonds is 3. The van der Waals surface area contributed by atoms with Crippen molar-refractivity contribution >= 4 is 11.6 Å². The van der Waals surface area contributed by atoms with Gasteiger partial charge in [0.2, 0.25) is 0 Å². The molecule has 3 aromatic rings. The SMILES string of the molecule is CCn1nc(-c2ccncc2Cl)n(-c2ccc(C(F)(F)F)cc2)c1=O. The Morgan fingerprint density at radius 2 is 1.84 bits per heavy atom. The van der Waals surface area contributed by atoms with Crippen molar-refractivity contribution in [3.05, 3.63) is 63.8 Å². The monoisotopic (exact) mass is 368 g/mol. The summed E-state index contributed by atoms with van der Waals surface area (Å²) >= 11 is 6.13. The van der Waals surface area contributed by atoms with Crippen LogP contribution in [-0.4, -0.2) is 19.3 Å². The van der Waals surface area contributed by atoms with Crippen LogP contribution in [0.15, 0.2) is 47.5 Å². The molecule has 3 rings (SSSR count). The highest BCUT2D eigenvalue weighted by molar-refractivity contribution is 6.33. The average molecular weight is 369 g/mol. The number of halogens is 4. The van der Waals surface area contributed by atoms with E-state index in [0.29, 0.717) is 12.1 Å². The lowest BCUT2D eigenvalue weighted by atomic mass is 10.2. The highest BCUT2D eigenvalue weighted by atomic mass is 35.5. The van der Waals surface area contributed by atoms with E-state index in [1.165, 1.54) is 33.8 Å². The van der Waals surface area contributed by atoms with E-state index in [1.54, 1.807) is 13.0 Å². The van der Waals surface area contributed by atoms with E-state index in [4.69, 9.17) is 11.6 Å². The molecule has 0 N–H and O–H groups in total. The number of alkyl halides is 3. The number of aryl methyl sites for hydroxylation is 1. The molecule has 0 bridgehead atoms. The summed E-state index contributed by atoms with van der Waals surface area (Å²) in [6.45, 7) is 2.05. The van der Waals surface area contributed by atoms with Gasteiger partial charge in [0.25, 0.3) is 0 Å². The van der Waals surface area contributed by atoms with Crippen LogP contribution < -0.4 is 5.69 Å². The first-order valence-electron chi connectivity index (χ1n) is 7.30. The van der Waals surface area contributed by atoms with Gasteiger partial charge in [0.05, 0.1) is 16.3 Å². The van der Waals surface area contributed by atoms with Gasteiger partial charge in [0.1, 0.15) is 0 Å². The molecular formula is C16H12ClF3N4O. The molecule has 2 heterocycles. The third kappa shape index (κ3) is 3.17. The van der Waals surface area contributed by atoms with Crippen LogP contribution in [0.1, 0.15) is 12.5 Å². The number of benzene rings is 1. The molecule has 0 amide bonds. The van der Waals surface area contributed by atoms with Crippen LogP contribution in [0.25, 0.3) is 17.1 Å². The predicted molar refractivity (Wildman–Crippen MR) is 86.7 cm³/mol. The summed E-state index contributed by atoms with van der Waals surface area (Å²) in [6.07, 6.45) is -1.55. The third-order valence-electron chi connectivity index (χ3n) is 3.61. The molecule has 2 aromatic heterocycles. The van der Waals surface area contributed by atoms with Gasteiger partial charge in [-0.15, -0.1) is 5.10 Å². The Morgan fingerprint density at radius 3 is 2.40 bits per heavy atom. The number of pyridine rings is 1. The fraction of sp³-hybridized carbons (Fsp3) is 0.188. The lowest BCUT2D eigenvalue weighted by Gasteiger charge is -2.09. The van der Waals surface area contributed by atoms with Crippen molar-refractivity contribution in [2.75, 3.05) is 0 Å². The van der Waals surface area contributed by atoms with Gasteiger partial charge in [-0.2, -0.15) is 13.2 Å². The molecule has 5 nitrogen and oxygen atoms in total. The van der Waals surface area contributed by atoms with Crippen molar-refractivity contribution in [2.24, 2.45) is 0 Å². The molecule has 0 saturated carbocycles. The van der Waals surface area contributed by atoms with Crippen molar-refractivity contribution < 1.29 is 13.2 Å². The Balaban J connectivity index is 2.21. The third-order valence-corrected chi connectivity index (χ3v) is 3.91. The van der Waals surface area contributed by atoms with Crippen LogP contribution in [0.4, 0.5) is 13.2 Å². The maximum absolute atomic E-state index is 12.7. The molecule has 25 heavy (non-hydrogen) atoms. The molecule has 0 aliphatic heterocycles. The van der Waals surface area contributed by atoms with Gasteiger partial charge in [0.15, 0.2) is 5.82 Å². The van der Waals surface area contributed by atoms with Crippen LogP contribution in [-0.2, 0) is 12.7 Å². The molecule has 0 fully saturated rings. The second kappa shape index (κ2) is 6.36. The van der Waals surface area contributed by atoms with Crippen LogP contribution in [0, 0.1) is 0 Å². The minimum atomic E-state index is -4.45. The maximum Gasteiger partial charge on any atom is 0.416 e. The first kappa shape index (κ1) is 17.2. The van der Waals surface area contributed by atoms with Gasteiger partial charge in [-0.3, -0.25) is 4.98 Å². The number of hydrogen-bond acceptors (Lipinski definition) is 3. The summed E-state index contributed by atoms with van der Waals surface area (Å²) in [5.74, 6) is 0.235. The minimum Gasteiger partial charge on any atom is -0.263 e. The smallest absolute Gasteiger partial charge is 0.263 e. The van der Waals surface area contributed by atoms with Crippen LogP contribution in [0.5, 0.6) is 0 Å². The van der Waals surface area contributed by atoms with Gasteiger partial charge in [-0.25, -0.2) is 14.0 Å². The number of nitrogens with zero attached hydrogens (tertiary/aromatic N) is 4. The van der Waals surface area contributed by atoms with Gasteiger partial charge >= 0.3 is 11.9 Å². The first-order chi connectivity index (χ1) is 11.8. The molecule has 0 atom stereocenters. The van der Waals surface area contributed by atoms with E-state index in [1.807, 2.05) is 0 Å². The van der Waals surface area contributed by atoms with Gasteiger partial charge in [0, 0.05) is 24.5 Å². The Labute approximate surface area is 145 Å². The molecule has 0 aliphatic rings. The second-order valence-electron chi connectivity index (χ2n) is 5.16. The zero-order valence-electron chi connectivity index (χ0n) is 13.0. The van der Waals surface area contributed by atoms with Gasteiger partial charge in [-0.1, -0.05) is 11.6 Å². The van der Waals surface area contributed by atoms with Crippen molar-refractivity contribution in [1.82, 2.24) is 19.3 Å². The zero-order chi connectivity index (χ0) is 18.2. The Kier molecular flexibility index (Phi) is 4.38. The molecule has 130 valence electrons. The lowest BCUT2D eigenvalue weighted by molar-refractivity contribution is -0.137. The Bertz CT molecular complexity index is 961. The first-order valence-corrected chi connectivity index (χ1v) is 7.68. The Morgan fingerprint density at radius 1 is 1.16 bits per heavy atom. The highest BCUT2D eigenvalue weighted by Crippen LogP contribution is 2.31. The van der Waals surface area contributed by atoms with Crippen LogP contribution >= 0.6 is 11.6 Å². The number of aromatic nitrogens is 4. The summed E-state index contributed by atoms with van der Waals surface area (Å²) in [7, 11) is 0. The van der Waals surface area contributed by atoms with Crippen molar-refractivity contribution in [2.45, 2.75) is 19.6 Å². The normalized spacial score (nSPS) is 11.7. The summed E-state index contributed by atoms with van der Waals surface area (Å²) in [5.41, 5.74) is -0.540.